The summed E-state index contributed by atoms with van der Waals surface area (Å²) in [5, 5.41) is 0. The summed E-state index contributed by atoms with van der Waals surface area (Å²) in [5.41, 5.74) is -3.20. The Balaban J connectivity index is 6.57. The van der Waals surface area contributed by atoms with Gasteiger partial charge in [0, 0.05) is 0 Å². The second-order valence-corrected chi connectivity index (χ2v) is 33.4. The van der Waals surface area contributed by atoms with Crippen molar-refractivity contribution in [2.75, 3.05) is 37.0 Å². The molecule has 0 aromatic rings. The summed E-state index contributed by atoms with van der Waals surface area (Å²) in [5.74, 6) is 0.0590. The van der Waals surface area contributed by atoms with Crippen molar-refractivity contribution in [3.8, 4) is 0 Å². The fraction of sp³-hybridized carbons (Fsp3) is 0.962. The summed E-state index contributed by atoms with van der Waals surface area (Å²) in [7, 11) is 0. The molecule has 0 amide bonds. The van der Waals surface area contributed by atoms with E-state index in [2.05, 4.69) is 41.5 Å². The Hall–Kier alpha value is 0.992. The monoisotopic (exact) mass is 571 g/mol. The maximum absolute atomic E-state index is 12.6. The molecule has 0 aliphatic heterocycles. The van der Waals surface area contributed by atoms with E-state index in [-0.39, 0.29) is 5.97 Å². The average molecular weight is 572 g/mol. The van der Waals surface area contributed by atoms with Gasteiger partial charge in [-0.1, -0.05) is 0 Å². The number of hydrogen-bond acceptors (Lipinski definition) is 2. The van der Waals surface area contributed by atoms with Crippen LogP contribution in [-0.4, -0.2) is 42.9 Å². The average Bonchev–Trinajstić information content (AvgIpc) is 2.77. The van der Waals surface area contributed by atoms with E-state index in [9.17, 15) is 4.79 Å². The molecule has 0 unspecified atom stereocenters. The van der Waals surface area contributed by atoms with Crippen molar-refractivity contribution in [1.82, 2.24) is 0 Å². The minimum atomic E-state index is -1.60. The van der Waals surface area contributed by atoms with Gasteiger partial charge in [-0.2, -0.15) is 0 Å². The van der Waals surface area contributed by atoms with E-state index in [0.29, 0.717) is 0 Å². The molecule has 0 aliphatic carbocycles. The Morgan fingerprint density at radius 3 is 0.935 bits per heavy atom. The van der Waals surface area contributed by atoms with E-state index >= 15 is 0 Å². The van der Waals surface area contributed by atoms with Crippen molar-refractivity contribution >= 4 is 16.9 Å². The Kier molecular flexibility index (Phi) is 19.9. The zero-order valence-electron chi connectivity index (χ0n) is 22.4. The van der Waals surface area contributed by atoms with Crippen LogP contribution in [0.4, 0.5) is 0 Å². The zero-order chi connectivity index (χ0) is 23.6. The van der Waals surface area contributed by atoms with E-state index in [0.717, 1.165) is 0 Å². The van der Waals surface area contributed by atoms with Gasteiger partial charge < -0.3 is 0 Å². The topological polar surface area (TPSA) is 26.3 Å². The first-order valence-corrected chi connectivity index (χ1v) is 23.9. The maximum atomic E-state index is 12.6. The Morgan fingerprint density at radius 2 is 0.774 bits per heavy atom. The van der Waals surface area contributed by atoms with E-state index in [4.69, 9.17) is 3.46 Å². The van der Waals surface area contributed by atoms with Crippen molar-refractivity contribution in [1.29, 1.82) is 0 Å². The fourth-order valence-electron chi connectivity index (χ4n) is 4.66. The fourth-order valence-corrected chi connectivity index (χ4v) is 54.9. The van der Waals surface area contributed by atoms with Gasteiger partial charge in [0.05, 0.1) is 0 Å². The van der Waals surface area contributed by atoms with Crippen LogP contribution >= 0.6 is 10.9 Å². The van der Waals surface area contributed by atoms with Crippen LogP contribution < -0.4 is 0 Å². The minimum absolute atomic E-state index is 0.0590. The summed E-state index contributed by atoms with van der Waals surface area (Å²) < 4.78 is 6.76. The summed E-state index contributed by atoms with van der Waals surface area (Å²) in [4.78, 5) is 12.6. The van der Waals surface area contributed by atoms with Gasteiger partial charge in [0.15, 0.2) is 0 Å². The summed E-state index contributed by atoms with van der Waals surface area (Å²) >= 11 is -1.25. The van der Waals surface area contributed by atoms with Crippen LogP contribution in [0.5, 0.6) is 0 Å². The van der Waals surface area contributed by atoms with Gasteiger partial charge in [0.1, 0.15) is 0 Å². The zero-order valence-corrected chi connectivity index (χ0v) is 25.9. The molecule has 0 aromatic heterocycles. The van der Waals surface area contributed by atoms with Crippen LogP contribution in [0.1, 0.15) is 126 Å². The van der Waals surface area contributed by atoms with Gasteiger partial charge in [-0.15, -0.1) is 0 Å². The molecule has 0 spiro atoms. The number of rotatable bonds is 21. The van der Waals surface area contributed by atoms with Crippen LogP contribution in [0, 0.1) is 0 Å². The second kappa shape index (κ2) is 19.3. The molecule has 195 valence electrons. The predicted octanol–water partition coefficient (Wildman–Crippen LogP) is 9.21. The molecule has 0 aliphatic rings. The molecule has 5 heteroatoms. The normalized spacial score (nSPS) is 13.8. The first-order valence-electron chi connectivity index (χ1n) is 13.7. The van der Waals surface area contributed by atoms with Crippen molar-refractivity contribution < 1.29 is 24.4 Å². The van der Waals surface area contributed by atoms with Gasteiger partial charge in [-0.25, -0.2) is 0 Å². The van der Waals surface area contributed by atoms with E-state index in [1.54, 1.807) is 6.92 Å². The van der Waals surface area contributed by atoms with Gasteiger partial charge in [-0.05, 0) is 0 Å². The van der Waals surface area contributed by atoms with E-state index in [1.165, 1.54) is 114 Å². The van der Waals surface area contributed by atoms with Gasteiger partial charge in [0.25, 0.3) is 0 Å². The van der Waals surface area contributed by atoms with Gasteiger partial charge in [-0.3, -0.25) is 0 Å². The molecule has 0 saturated heterocycles. The van der Waals surface area contributed by atoms with Gasteiger partial charge >= 0.3 is 204 Å². The first kappa shape index (κ1) is 32.0. The Labute approximate surface area is 203 Å². The molecule has 0 aromatic carbocycles. The number of hydrogen-bond donors (Lipinski definition) is 0. The molecule has 0 fully saturated rings. The Morgan fingerprint density at radius 1 is 0.548 bits per heavy atom. The molecule has 0 atom stereocenters. The van der Waals surface area contributed by atoms with Crippen LogP contribution in [0.3, 0.4) is 0 Å². The number of carbonyl (C=O) groups is 1. The van der Waals surface area contributed by atoms with Crippen LogP contribution in [0.2, 0.25) is 0 Å². The third-order valence-corrected chi connectivity index (χ3v) is 44.5. The Bertz CT molecular complexity index is 370. The van der Waals surface area contributed by atoms with Crippen molar-refractivity contribution in [3.05, 3.63) is 0 Å². The number of carbonyl (C=O) groups excluding carboxylic acids is 1. The molecule has 0 saturated carbocycles. The van der Waals surface area contributed by atoms with Gasteiger partial charge in [0.2, 0.25) is 0 Å². The van der Waals surface area contributed by atoms with Crippen LogP contribution in [0.25, 0.3) is 0 Å². The quantitative estimate of drug-likeness (QED) is 0.101. The molecular weight excluding hydrogens is 513 g/mol. The molecule has 0 bridgehead atoms. The third-order valence-electron chi connectivity index (χ3n) is 6.54. The molecular formula is C26H59O2P2Pd. The van der Waals surface area contributed by atoms with Crippen LogP contribution in [0.15, 0.2) is 0 Å². The van der Waals surface area contributed by atoms with E-state index in [1.807, 2.05) is 0 Å². The summed E-state index contributed by atoms with van der Waals surface area (Å²) in [6, 6.07) is 0. The van der Waals surface area contributed by atoms with Crippen molar-refractivity contribution in [3.63, 3.8) is 0 Å². The van der Waals surface area contributed by atoms with Crippen molar-refractivity contribution in [2.45, 2.75) is 126 Å². The SMILES string of the molecule is CCCC[PH](CCCC)(CCCC)[Pd]([O]C(C)=O)[PH](CCCC)(CCCC)CCCC. The van der Waals surface area contributed by atoms with Crippen molar-refractivity contribution in [2.24, 2.45) is 0 Å². The molecule has 0 heterocycles. The number of unbranched alkanes of at least 4 members (excludes halogenated alkanes) is 6. The first-order chi connectivity index (χ1) is 14.9. The van der Waals surface area contributed by atoms with E-state index < -0.39 is 27.0 Å². The molecule has 2 nitrogen and oxygen atoms in total. The summed E-state index contributed by atoms with van der Waals surface area (Å²) in [6.45, 7) is 15.9. The van der Waals surface area contributed by atoms with Crippen LogP contribution in [-0.2, 0) is 24.4 Å². The molecule has 0 N–H and O–H groups in total. The third kappa shape index (κ3) is 11.8. The predicted molar refractivity (Wildman–Crippen MR) is 147 cm³/mol. The summed E-state index contributed by atoms with van der Waals surface area (Å²) in [6.07, 6.45) is 24.5. The molecule has 0 rings (SSSR count). The molecule has 0 radical (unpaired) electrons. The second-order valence-electron chi connectivity index (χ2n) is 9.56. The standard InChI is InChI=1S/2C12H27P.C2H4O2.Pd/c2*1-4-7-10-13(11-8-5-2)12-9-6-3;1-2(3)4;/h2*4-12H2,1-3H3;1H3,(H,3,4);/q;;;-1/p+1. The molecule has 31 heavy (non-hydrogen) atoms.